The van der Waals surface area contributed by atoms with Crippen molar-refractivity contribution in [1.29, 1.82) is 0 Å². The number of rotatable bonds is 16. The second-order valence-electron chi connectivity index (χ2n) is 29.9. The molecule has 104 heavy (non-hydrogen) atoms. The summed E-state index contributed by atoms with van der Waals surface area (Å²) in [5.41, 5.74) is -1.41. The van der Waals surface area contributed by atoms with Crippen molar-refractivity contribution in [2.45, 2.75) is 174 Å². The largest absolute Gasteiger partial charge is 0.483 e. The van der Waals surface area contributed by atoms with Gasteiger partial charge in [0.2, 0.25) is 5.24 Å². The quantitative estimate of drug-likeness (QED) is 0.0420. The maximum Gasteiger partial charge on any atom is 0.344 e. The van der Waals surface area contributed by atoms with Crippen molar-refractivity contribution in [3.8, 4) is 0 Å². The Bertz CT molecular complexity index is 3440. The van der Waals surface area contributed by atoms with Crippen LogP contribution in [0.1, 0.15) is 109 Å². The number of aliphatic hydroxyl groups excluding tert-OH is 1. The molecule has 0 aromatic carbocycles. The van der Waals surface area contributed by atoms with Crippen LogP contribution in [0.2, 0.25) is 0 Å². The average molecular weight is 1530 g/mol. The van der Waals surface area contributed by atoms with Gasteiger partial charge in [0.25, 0.3) is 6.47 Å². The lowest BCUT2D eigenvalue weighted by Gasteiger charge is -2.32. The van der Waals surface area contributed by atoms with Crippen LogP contribution in [0.5, 0.6) is 0 Å². The fraction of sp³-hybridized carbons (Fsp3) is 0.681. The van der Waals surface area contributed by atoms with Gasteiger partial charge < -0.3 is 77.3 Å². The number of aliphatic carboxylic acids is 2. The van der Waals surface area contributed by atoms with Gasteiger partial charge in [0.15, 0.2) is 13.2 Å². The average Bonchev–Trinajstić information content (AvgIpc) is 1.58. The van der Waals surface area contributed by atoms with Crippen LogP contribution in [0.25, 0.3) is 0 Å². The molecule has 12 rings (SSSR count). The van der Waals surface area contributed by atoms with Crippen LogP contribution in [0, 0.1) is 94.7 Å². The van der Waals surface area contributed by atoms with Gasteiger partial charge in [-0.05, 0) is 120 Å². The number of carboxylic acids is 2. The minimum Gasteiger partial charge on any atom is -0.483 e. The predicted octanol–water partition coefficient (Wildman–Crippen LogP) is 4.20. The summed E-state index contributed by atoms with van der Waals surface area (Å²) in [7, 11) is 0. The van der Waals surface area contributed by atoms with E-state index in [0.29, 0.717) is 25.7 Å². The molecule has 12 fully saturated rings. The number of carbonyl (C=O) groups excluding carboxylic acids is 13. The Morgan fingerprint density at radius 3 is 0.990 bits per heavy atom. The number of ether oxygens (including phenoxy) is 12. The summed E-state index contributed by atoms with van der Waals surface area (Å²) in [6.45, 7) is 28.9. The predicted molar refractivity (Wildman–Crippen MR) is 350 cm³/mol. The number of carboxylic acid groups (broad SMARTS) is 3. The molecular weight excluding hydrogens is 1450 g/mol. The van der Waals surface area contributed by atoms with E-state index >= 15 is 0 Å². The molecule has 12 aliphatic rings. The first-order valence-corrected chi connectivity index (χ1v) is 34.5. The smallest absolute Gasteiger partial charge is 0.344 e. The van der Waals surface area contributed by atoms with E-state index < -0.39 is 209 Å². The minimum atomic E-state index is -1.09. The van der Waals surface area contributed by atoms with Crippen molar-refractivity contribution >= 4 is 130 Å². The zero-order valence-corrected chi connectivity index (χ0v) is 61.3. The third-order valence-electron chi connectivity index (χ3n) is 19.3. The van der Waals surface area contributed by atoms with Gasteiger partial charge in [-0.2, -0.15) is 0 Å². The normalized spacial score (nSPS) is 33.7. The first-order valence-electron chi connectivity index (χ1n) is 33.1. The maximum absolute atomic E-state index is 12.7. The Labute approximate surface area is 611 Å². The van der Waals surface area contributed by atoms with Crippen LogP contribution in [0.15, 0.2) is 36.5 Å². The van der Waals surface area contributed by atoms with Crippen LogP contribution in [0.3, 0.4) is 0 Å². The zero-order chi connectivity index (χ0) is 78.6. The molecule has 8 aliphatic carbocycles. The number of alkyl halides is 2. The van der Waals surface area contributed by atoms with Crippen molar-refractivity contribution in [1.82, 2.24) is 0 Å². The van der Waals surface area contributed by atoms with Crippen LogP contribution in [0.4, 0.5) is 0 Å². The number of hydrogen-bond donors (Lipinski definition) is 4. The van der Waals surface area contributed by atoms with E-state index in [1.165, 1.54) is 20.8 Å². The lowest BCUT2D eigenvalue weighted by Crippen LogP contribution is -2.45. The lowest BCUT2D eigenvalue weighted by molar-refractivity contribution is -0.174. The number of aliphatic hydroxyl groups is 1. The van der Waals surface area contributed by atoms with Gasteiger partial charge in [0, 0.05) is 64.1 Å². The molecule has 0 amide bonds. The van der Waals surface area contributed by atoms with Gasteiger partial charge in [-0.25, -0.2) is 24.0 Å². The summed E-state index contributed by atoms with van der Waals surface area (Å²) >= 11 is 15.0. The first kappa shape index (κ1) is 84.7. The third-order valence-corrected chi connectivity index (χ3v) is 20.0. The summed E-state index contributed by atoms with van der Waals surface area (Å²) in [6, 6.07) is 0. The molecule has 24 atom stereocenters. The topological polar surface area (TPSA) is 465 Å². The molecule has 0 aromatic heterocycles. The zero-order valence-electron chi connectivity index (χ0n) is 59.1. The highest BCUT2D eigenvalue weighted by atomic mass is 35.5. The molecule has 576 valence electrons. The molecule has 0 spiro atoms. The van der Waals surface area contributed by atoms with Gasteiger partial charge in [0.05, 0.1) is 59.3 Å². The van der Waals surface area contributed by atoms with E-state index in [1.807, 2.05) is 0 Å². The van der Waals surface area contributed by atoms with E-state index in [0.717, 1.165) is 0 Å². The number of fused-ring (bicyclic) bond motifs is 4. The van der Waals surface area contributed by atoms with Gasteiger partial charge in [-0.1, -0.05) is 19.7 Å². The maximum atomic E-state index is 12.7. The lowest BCUT2D eigenvalue weighted by atomic mass is 9.78. The standard InChI is InChI=1S/C19H24O8.C15H19ClO6.C15H16O8.C13H18O5.C4H6O2.C2H2Cl2O.CH2O2/c1-8(2)16(21)24-7-11(20)25-14-10-6-9-12(17(22)26-15(9)14)13(10)18(23)27-19(3,4)5;1-15(2,3)22-14(19)10-7-4-6-9(10)13(18)21-12(6)11(7)20-8(17)5-16;1-5(2)14(19)21-4-8(16)22-11-6-3-7-10(9(6)13(17)18)15(20)23-12(7)11;1-13(2,3)18-12(16)7-5-4-6-8(7)11(15)17-10(6)9(5)14;1-3(2)4(5)6;3-1-2(4)5;2-1-3/h9-10,12-15H,1,6-7H2,2-5H3;6-7,9-12H,4-5H2,1-3H3;6-7,9-12H,1,3-4H2,2H3,(H,17,18);5-10,14H,4H2,1-3H3;1H2,2H3,(H,5,6);1H2;1H,(H,2,3). The third kappa shape index (κ3) is 19.2. The van der Waals surface area contributed by atoms with Crippen LogP contribution < -0.4 is 0 Å². The molecule has 4 saturated heterocycles. The van der Waals surface area contributed by atoms with Gasteiger partial charge in [-0.3, -0.25) is 52.7 Å². The van der Waals surface area contributed by atoms with Gasteiger partial charge in [0.1, 0.15) is 65.4 Å². The highest BCUT2D eigenvalue weighted by Crippen LogP contribution is 2.62. The summed E-state index contributed by atoms with van der Waals surface area (Å²) in [5.74, 6) is -15.5. The summed E-state index contributed by atoms with van der Waals surface area (Å²) < 4.78 is 62.8. The molecule has 4 heterocycles. The number of carbonyl (C=O) groups is 16. The van der Waals surface area contributed by atoms with E-state index in [4.69, 9.17) is 107 Å². The minimum absolute atomic E-state index is 0.00461. The van der Waals surface area contributed by atoms with Crippen LogP contribution >= 0.6 is 34.8 Å². The molecule has 8 saturated carbocycles. The second-order valence-corrected chi connectivity index (χ2v) is 30.8. The molecule has 0 aromatic rings. The van der Waals surface area contributed by atoms with E-state index in [1.54, 1.807) is 62.3 Å². The fourth-order valence-electron chi connectivity index (χ4n) is 15.9. The summed E-state index contributed by atoms with van der Waals surface area (Å²) in [5, 5.41) is 33.7. The highest BCUT2D eigenvalue weighted by Gasteiger charge is 2.73. The van der Waals surface area contributed by atoms with Crippen molar-refractivity contribution in [3.63, 3.8) is 0 Å². The highest BCUT2D eigenvalue weighted by molar-refractivity contribution is 6.67. The Morgan fingerprint density at radius 1 is 0.462 bits per heavy atom. The van der Waals surface area contributed by atoms with Crippen molar-refractivity contribution in [2.75, 3.05) is 25.0 Å². The molecule has 4 aliphatic heterocycles. The molecule has 35 heteroatoms. The summed E-state index contributed by atoms with van der Waals surface area (Å²) in [6.07, 6.45) is -2.54. The number of hydrogen-bond acceptors (Lipinski definition) is 29. The molecular formula is C69H87Cl3O32. The van der Waals surface area contributed by atoms with Gasteiger partial charge in [-0.15, -0.1) is 23.2 Å². The van der Waals surface area contributed by atoms with E-state index in [9.17, 15) is 82.1 Å². The Balaban J connectivity index is 0.000000206. The van der Waals surface area contributed by atoms with E-state index in [2.05, 4.69) is 19.7 Å². The Morgan fingerprint density at radius 2 is 0.721 bits per heavy atom. The van der Waals surface area contributed by atoms with E-state index in [-0.39, 0.29) is 88.3 Å². The monoisotopic (exact) mass is 1530 g/mol. The Kier molecular flexibility index (Phi) is 27.6. The van der Waals surface area contributed by atoms with Crippen molar-refractivity contribution in [2.24, 2.45) is 94.7 Å². The molecule has 24 unspecified atom stereocenters. The van der Waals surface area contributed by atoms with Crippen LogP contribution in [-0.4, -0.2) is 206 Å². The van der Waals surface area contributed by atoms with Gasteiger partial charge >= 0.3 is 83.6 Å². The molecule has 0 radical (unpaired) electrons. The molecule has 4 N–H and O–H groups in total. The molecule has 8 bridgehead atoms. The molecule has 32 nitrogen and oxygen atoms in total. The SMILES string of the molecule is C=C(C)C(=O)O.C=C(C)C(=O)OCC(=O)OC1C2CC3C1OC(=O)C3C2C(=O)O.C=C(C)C(=O)OCC(=O)OC1C2CC3C1OC(=O)C3C2C(=O)OC(C)(C)C.CC(C)(C)OC(=O)C1C2CC3C(OC(=O)C31)C2O.CC(C)(C)OC(=O)C1C2CC3C(OC(=O)C31)C2OC(=O)CCl.O=C(Cl)CCl.O=CO. The van der Waals surface area contributed by atoms with Crippen molar-refractivity contribution < 1.29 is 154 Å². The fourth-order valence-corrected chi connectivity index (χ4v) is 16.0. The second kappa shape index (κ2) is 33.9. The summed E-state index contributed by atoms with van der Waals surface area (Å²) in [4.78, 5) is 182. The number of esters is 12. The first-order chi connectivity index (χ1) is 48.1. The van der Waals surface area contributed by atoms with Crippen LogP contribution in [-0.2, 0) is 134 Å². The van der Waals surface area contributed by atoms with Crippen molar-refractivity contribution in [3.05, 3.63) is 36.5 Å². The number of halogens is 3. The Hall–Kier alpha value is -8.23.